The summed E-state index contributed by atoms with van der Waals surface area (Å²) in [6.07, 6.45) is 3.66. The highest BCUT2D eigenvalue weighted by Crippen LogP contribution is 2.25. The van der Waals surface area contributed by atoms with Crippen LogP contribution in [0.3, 0.4) is 0 Å². The Kier molecular flexibility index (Phi) is 2.75. The van der Waals surface area contributed by atoms with Crippen LogP contribution in [0, 0.1) is 0 Å². The summed E-state index contributed by atoms with van der Waals surface area (Å²) >= 11 is 0. The smallest absolute Gasteiger partial charge is 0.138 e. The Hall–Kier alpha value is -2.94. The number of aromatic nitrogens is 3. The first-order valence-electron chi connectivity index (χ1n) is 6.86. The molecule has 0 saturated carbocycles. The maximum Gasteiger partial charge on any atom is 0.138 e. The normalized spacial score (nSPS) is 10.9. The topological polar surface area (TPSA) is 41.6 Å². The molecule has 0 aliphatic rings. The summed E-state index contributed by atoms with van der Waals surface area (Å²) in [4.78, 5) is 12.2. The lowest BCUT2D eigenvalue weighted by atomic mass is 10.0. The maximum absolute atomic E-state index is 4.65. The Balaban J connectivity index is 1.82. The highest BCUT2D eigenvalue weighted by molar-refractivity contribution is 5.80. The number of rotatable bonds is 2. The van der Waals surface area contributed by atoms with Crippen molar-refractivity contribution in [2.75, 3.05) is 0 Å². The Morgan fingerprint density at radius 1 is 0.762 bits per heavy atom. The van der Waals surface area contributed by atoms with Crippen molar-refractivity contribution in [3.8, 4) is 22.5 Å². The maximum atomic E-state index is 4.65. The van der Waals surface area contributed by atoms with Gasteiger partial charge in [0.15, 0.2) is 0 Å². The monoisotopic (exact) mass is 271 g/mol. The van der Waals surface area contributed by atoms with Crippen molar-refractivity contribution >= 4 is 11.0 Å². The lowest BCUT2D eigenvalue weighted by molar-refractivity contribution is 1.32. The summed E-state index contributed by atoms with van der Waals surface area (Å²) in [5.74, 6) is 0.891. The van der Waals surface area contributed by atoms with Crippen LogP contribution in [-0.2, 0) is 0 Å². The zero-order valence-corrected chi connectivity index (χ0v) is 11.3. The first-order chi connectivity index (χ1) is 10.4. The minimum absolute atomic E-state index is 0.891. The van der Waals surface area contributed by atoms with E-state index in [4.69, 9.17) is 0 Å². The van der Waals surface area contributed by atoms with Crippen LogP contribution in [0.25, 0.3) is 33.5 Å². The van der Waals surface area contributed by atoms with Gasteiger partial charge in [0.1, 0.15) is 5.82 Å². The Morgan fingerprint density at radius 2 is 1.62 bits per heavy atom. The molecule has 4 aromatic rings. The molecule has 0 aliphatic carbocycles. The van der Waals surface area contributed by atoms with Crippen molar-refractivity contribution in [2.24, 2.45) is 0 Å². The molecule has 0 spiro atoms. The number of hydrogen-bond donors (Lipinski definition) is 1. The van der Waals surface area contributed by atoms with E-state index < -0.39 is 0 Å². The van der Waals surface area contributed by atoms with Gasteiger partial charge in [-0.25, -0.2) is 4.98 Å². The van der Waals surface area contributed by atoms with Crippen LogP contribution >= 0.6 is 0 Å². The Labute approximate surface area is 122 Å². The van der Waals surface area contributed by atoms with Crippen LogP contribution in [0.4, 0.5) is 0 Å². The van der Waals surface area contributed by atoms with E-state index in [0.717, 1.165) is 33.5 Å². The van der Waals surface area contributed by atoms with Crippen molar-refractivity contribution in [1.82, 2.24) is 15.0 Å². The van der Waals surface area contributed by atoms with Gasteiger partial charge in [-0.15, -0.1) is 0 Å². The van der Waals surface area contributed by atoms with Crippen molar-refractivity contribution < 1.29 is 0 Å². The van der Waals surface area contributed by atoms with Crippen LogP contribution in [0.15, 0.2) is 73.1 Å². The number of nitrogens with zero attached hydrogens (tertiary/aromatic N) is 2. The van der Waals surface area contributed by atoms with E-state index in [2.05, 4.69) is 39.2 Å². The van der Waals surface area contributed by atoms with Gasteiger partial charge >= 0.3 is 0 Å². The number of aromatic amines is 1. The molecule has 3 heteroatoms. The highest BCUT2D eigenvalue weighted by Gasteiger charge is 2.06. The molecule has 0 radical (unpaired) electrons. The second-order valence-electron chi connectivity index (χ2n) is 4.93. The fourth-order valence-electron chi connectivity index (χ4n) is 2.47. The van der Waals surface area contributed by atoms with E-state index in [0.29, 0.717) is 0 Å². The fraction of sp³-hybridized carbons (Fsp3) is 0. The number of imidazole rings is 1. The SMILES string of the molecule is c1cncc(-c2cccc(-c3nc4ccccc4[nH]3)c2)c1. The molecule has 3 nitrogen and oxygen atoms in total. The van der Waals surface area contributed by atoms with Gasteiger partial charge in [-0.05, 0) is 29.8 Å². The van der Waals surface area contributed by atoms with Crippen molar-refractivity contribution in [1.29, 1.82) is 0 Å². The highest BCUT2D eigenvalue weighted by atomic mass is 14.9. The van der Waals surface area contributed by atoms with Crippen LogP contribution in [0.5, 0.6) is 0 Å². The molecule has 2 heterocycles. The van der Waals surface area contributed by atoms with E-state index in [1.807, 2.05) is 42.6 Å². The minimum atomic E-state index is 0.891. The zero-order valence-electron chi connectivity index (χ0n) is 11.3. The van der Waals surface area contributed by atoms with Gasteiger partial charge in [-0.1, -0.05) is 36.4 Å². The Morgan fingerprint density at radius 3 is 2.48 bits per heavy atom. The van der Waals surface area contributed by atoms with Crippen LogP contribution < -0.4 is 0 Å². The number of pyridine rings is 1. The van der Waals surface area contributed by atoms with E-state index in [1.54, 1.807) is 6.20 Å². The second-order valence-corrected chi connectivity index (χ2v) is 4.93. The molecule has 0 aliphatic heterocycles. The molecule has 0 atom stereocenters. The molecule has 2 aromatic heterocycles. The first kappa shape index (κ1) is 11.9. The molecule has 0 amide bonds. The van der Waals surface area contributed by atoms with Crippen LogP contribution in [-0.4, -0.2) is 15.0 Å². The largest absolute Gasteiger partial charge is 0.338 e. The van der Waals surface area contributed by atoms with Crippen molar-refractivity contribution in [3.63, 3.8) is 0 Å². The second kappa shape index (κ2) is 4.87. The molecule has 2 aromatic carbocycles. The Bertz CT molecular complexity index is 861. The number of fused-ring (bicyclic) bond motifs is 1. The number of benzene rings is 2. The van der Waals surface area contributed by atoms with E-state index >= 15 is 0 Å². The predicted molar refractivity (Wildman–Crippen MR) is 84.8 cm³/mol. The van der Waals surface area contributed by atoms with Crippen LogP contribution in [0.2, 0.25) is 0 Å². The molecular weight excluding hydrogens is 258 g/mol. The predicted octanol–water partition coefficient (Wildman–Crippen LogP) is 4.29. The lowest BCUT2D eigenvalue weighted by Gasteiger charge is -2.03. The lowest BCUT2D eigenvalue weighted by Crippen LogP contribution is -1.83. The average Bonchev–Trinajstić information content (AvgIpc) is 3.00. The molecule has 1 N–H and O–H groups in total. The number of nitrogens with one attached hydrogen (secondary N) is 1. The first-order valence-corrected chi connectivity index (χ1v) is 6.86. The quantitative estimate of drug-likeness (QED) is 0.591. The molecule has 0 saturated heterocycles. The summed E-state index contributed by atoms with van der Waals surface area (Å²) in [5, 5.41) is 0. The summed E-state index contributed by atoms with van der Waals surface area (Å²) < 4.78 is 0. The van der Waals surface area contributed by atoms with Gasteiger partial charge in [0.05, 0.1) is 11.0 Å². The van der Waals surface area contributed by atoms with E-state index in [-0.39, 0.29) is 0 Å². The third kappa shape index (κ3) is 2.19. The van der Waals surface area contributed by atoms with E-state index in [9.17, 15) is 0 Å². The standard InChI is InChI=1S/C18H13N3/c1-2-9-17-16(8-1)20-18(21-17)14-6-3-5-13(11-14)15-7-4-10-19-12-15/h1-12H,(H,20,21). The van der Waals surface area contributed by atoms with Gasteiger partial charge < -0.3 is 4.98 Å². The van der Waals surface area contributed by atoms with Crippen LogP contribution in [0.1, 0.15) is 0 Å². The minimum Gasteiger partial charge on any atom is -0.338 e. The number of hydrogen-bond acceptors (Lipinski definition) is 2. The molecule has 0 bridgehead atoms. The third-order valence-electron chi connectivity index (χ3n) is 3.52. The van der Waals surface area contributed by atoms with E-state index in [1.165, 1.54) is 0 Å². The fourth-order valence-corrected chi connectivity index (χ4v) is 2.47. The van der Waals surface area contributed by atoms with Gasteiger partial charge in [-0.3, -0.25) is 4.98 Å². The molecule has 100 valence electrons. The van der Waals surface area contributed by atoms with Gasteiger partial charge in [-0.2, -0.15) is 0 Å². The number of H-pyrrole nitrogens is 1. The molecular formula is C18H13N3. The number of para-hydroxylation sites is 2. The van der Waals surface area contributed by atoms with Gasteiger partial charge in [0.2, 0.25) is 0 Å². The molecule has 0 unspecified atom stereocenters. The summed E-state index contributed by atoms with van der Waals surface area (Å²) in [7, 11) is 0. The molecule has 4 rings (SSSR count). The summed E-state index contributed by atoms with van der Waals surface area (Å²) in [6.45, 7) is 0. The summed E-state index contributed by atoms with van der Waals surface area (Å²) in [6, 6.07) is 20.4. The molecule has 21 heavy (non-hydrogen) atoms. The van der Waals surface area contributed by atoms with Crippen molar-refractivity contribution in [2.45, 2.75) is 0 Å². The zero-order chi connectivity index (χ0) is 14.1. The summed E-state index contributed by atoms with van der Waals surface area (Å²) in [5.41, 5.74) is 5.36. The average molecular weight is 271 g/mol. The van der Waals surface area contributed by atoms with Gasteiger partial charge in [0, 0.05) is 23.5 Å². The molecule has 0 fully saturated rings. The third-order valence-corrected chi connectivity index (χ3v) is 3.52. The van der Waals surface area contributed by atoms with Gasteiger partial charge in [0.25, 0.3) is 0 Å². The van der Waals surface area contributed by atoms with Crippen molar-refractivity contribution in [3.05, 3.63) is 73.1 Å².